The van der Waals surface area contributed by atoms with Crippen LogP contribution in [0.4, 0.5) is 0 Å². The number of likely N-dealkylation sites (tertiary alicyclic amines) is 1. The molecule has 1 fully saturated rings. The van der Waals surface area contributed by atoms with E-state index in [1.165, 1.54) is 18.9 Å². The fourth-order valence-corrected chi connectivity index (χ4v) is 2.91. The average molecular weight is 348 g/mol. The molecule has 1 N–H and O–H groups in total. The third-order valence-electron chi connectivity index (χ3n) is 3.96. The number of methoxy groups -OCH3 is 2. The largest absolute Gasteiger partial charge is 0.493 e. The molecule has 24 heavy (non-hydrogen) atoms. The van der Waals surface area contributed by atoms with Gasteiger partial charge in [0.2, 0.25) is 5.91 Å². The minimum atomic E-state index is -0.223. The average Bonchev–Trinajstić information content (AvgIpc) is 2.89. The van der Waals surface area contributed by atoms with Crippen molar-refractivity contribution in [1.29, 1.82) is 0 Å². The molecular formula is C18H24N2O3S. The van der Waals surface area contributed by atoms with E-state index < -0.39 is 0 Å². The minimum absolute atomic E-state index is 0.223. The lowest BCUT2D eigenvalue weighted by atomic mass is 10.2. The lowest BCUT2D eigenvalue weighted by molar-refractivity contribution is -0.115. The fraction of sp³-hybridized carbons (Fsp3) is 0.444. The Balaban J connectivity index is 1.93. The number of amides is 1. The Labute approximate surface area is 148 Å². The molecule has 0 atom stereocenters. The zero-order valence-corrected chi connectivity index (χ0v) is 15.0. The molecule has 1 saturated heterocycles. The molecule has 6 heteroatoms. The van der Waals surface area contributed by atoms with Gasteiger partial charge in [0.1, 0.15) is 0 Å². The zero-order chi connectivity index (χ0) is 17.4. The van der Waals surface area contributed by atoms with Gasteiger partial charge in [-0.3, -0.25) is 10.1 Å². The van der Waals surface area contributed by atoms with Crippen molar-refractivity contribution in [2.45, 2.75) is 25.7 Å². The second-order valence-corrected chi connectivity index (χ2v) is 6.03. The van der Waals surface area contributed by atoms with Crippen LogP contribution in [-0.2, 0) is 4.79 Å². The van der Waals surface area contributed by atoms with Gasteiger partial charge in [-0.25, -0.2) is 0 Å². The van der Waals surface area contributed by atoms with E-state index in [0.717, 1.165) is 31.5 Å². The minimum Gasteiger partial charge on any atom is -0.493 e. The maximum atomic E-state index is 12.1. The smallest absolute Gasteiger partial charge is 0.250 e. The summed E-state index contributed by atoms with van der Waals surface area (Å²) in [4.78, 5) is 14.1. The summed E-state index contributed by atoms with van der Waals surface area (Å²) < 4.78 is 10.4. The van der Waals surface area contributed by atoms with Crippen LogP contribution in [0.25, 0.3) is 6.08 Å². The van der Waals surface area contributed by atoms with Gasteiger partial charge in [-0.1, -0.05) is 18.9 Å². The SMILES string of the molecule is COc1ccc(C=CC(=O)NC(=S)N2CCCCCC2)cc1OC. The van der Waals surface area contributed by atoms with Gasteiger partial charge in [0.25, 0.3) is 0 Å². The highest BCUT2D eigenvalue weighted by molar-refractivity contribution is 7.80. The third-order valence-corrected chi connectivity index (χ3v) is 4.32. The Bertz CT molecular complexity index is 608. The number of thiocarbonyl (C=S) groups is 1. The van der Waals surface area contributed by atoms with E-state index in [9.17, 15) is 4.79 Å². The van der Waals surface area contributed by atoms with Crippen LogP contribution in [0.2, 0.25) is 0 Å². The summed E-state index contributed by atoms with van der Waals surface area (Å²) in [5.41, 5.74) is 0.850. The van der Waals surface area contributed by atoms with E-state index in [2.05, 4.69) is 10.2 Å². The number of hydrogen-bond acceptors (Lipinski definition) is 4. The van der Waals surface area contributed by atoms with Crippen LogP contribution in [0, 0.1) is 0 Å². The highest BCUT2D eigenvalue weighted by Gasteiger charge is 2.13. The molecule has 1 amide bonds. The molecule has 130 valence electrons. The number of hydrogen-bond donors (Lipinski definition) is 1. The molecule has 0 aromatic heterocycles. The zero-order valence-electron chi connectivity index (χ0n) is 14.2. The molecule has 0 saturated carbocycles. The van der Waals surface area contributed by atoms with E-state index in [4.69, 9.17) is 21.7 Å². The molecule has 1 aliphatic heterocycles. The Kier molecular flexibility index (Phi) is 7.06. The van der Waals surface area contributed by atoms with Crippen LogP contribution < -0.4 is 14.8 Å². The van der Waals surface area contributed by atoms with Gasteiger partial charge in [0, 0.05) is 19.2 Å². The molecular weight excluding hydrogens is 324 g/mol. The van der Waals surface area contributed by atoms with E-state index in [-0.39, 0.29) is 5.91 Å². The Morgan fingerprint density at radius 2 is 1.79 bits per heavy atom. The lowest BCUT2D eigenvalue weighted by Gasteiger charge is -2.22. The summed E-state index contributed by atoms with van der Waals surface area (Å²) in [7, 11) is 3.17. The summed E-state index contributed by atoms with van der Waals surface area (Å²) in [6.45, 7) is 1.83. The highest BCUT2D eigenvalue weighted by Crippen LogP contribution is 2.27. The van der Waals surface area contributed by atoms with Crippen LogP contribution in [0.15, 0.2) is 24.3 Å². The van der Waals surface area contributed by atoms with Crippen molar-refractivity contribution in [2.75, 3.05) is 27.3 Å². The summed E-state index contributed by atoms with van der Waals surface area (Å²) >= 11 is 5.34. The summed E-state index contributed by atoms with van der Waals surface area (Å²) in [6, 6.07) is 5.48. The van der Waals surface area contributed by atoms with Crippen molar-refractivity contribution in [3.63, 3.8) is 0 Å². The summed E-state index contributed by atoms with van der Waals surface area (Å²) in [5, 5.41) is 3.29. The van der Waals surface area contributed by atoms with Crippen molar-refractivity contribution < 1.29 is 14.3 Å². The maximum absolute atomic E-state index is 12.1. The number of rotatable bonds is 4. The van der Waals surface area contributed by atoms with Gasteiger partial charge in [-0.05, 0) is 48.8 Å². The van der Waals surface area contributed by atoms with Crippen molar-refractivity contribution in [1.82, 2.24) is 10.2 Å². The van der Waals surface area contributed by atoms with Crippen molar-refractivity contribution in [3.05, 3.63) is 29.8 Å². The normalized spacial score (nSPS) is 15.0. The van der Waals surface area contributed by atoms with Gasteiger partial charge in [0.15, 0.2) is 16.6 Å². The van der Waals surface area contributed by atoms with Crippen LogP contribution in [0.5, 0.6) is 11.5 Å². The Morgan fingerprint density at radius 1 is 1.12 bits per heavy atom. The van der Waals surface area contributed by atoms with Gasteiger partial charge in [-0.15, -0.1) is 0 Å². The monoisotopic (exact) mass is 348 g/mol. The Morgan fingerprint density at radius 3 is 2.42 bits per heavy atom. The molecule has 1 aliphatic rings. The standard InChI is InChI=1S/C18H24N2O3S/c1-22-15-9-7-14(13-16(15)23-2)8-10-17(21)19-18(24)20-11-5-3-4-6-12-20/h7-10,13H,3-6,11-12H2,1-2H3,(H,19,21,24). The van der Waals surface area contributed by atoms with Crippen molar-refractivity contribution in [2.24, 2.45) is 0 Å². The van der Waals surface area contributed by atoms with E-state index in [1.807, 2.05) is 12.1 Å². The highest BCUT2D eigenvalue weighted by atomic mass is 32.1. The molecule has 0 aliphatic carbocycles. The second-order valence-electron chi connectivity index (χ2n) is 5.64. The van der Waals surface area contributed by atoms with Crippen LogP contribution in [-0.4, -0.2) is 43.2 Å². The maximum Gasteiger partial charge on any atom is 0.250 e. The van der Waals surface area contributed by atoms with Crippen LogP contribution in [0.1, 0.15) is 31.2 Å². The molecule has 5 nitrogen and oxygen atoms in total. The molecule has 0 unspecified atom stereocenters. The number of benzene rings is 1. The second kappa shape index (κ2) is 9.27. The first-order valence-corrected chi connectivity index (χ1v) is 8.55. The van der Waals surface area contributed by atoms with Crippen LogP contribution >= 0.6 is 12.2 Å². The number of nitrogens with one attached hydrogen (secondary N) is 1. The lowest BCUT2D eigenvalue weighted by Crippen LogP contribution is -2.42. The predicted molar refractivity (Wildman–Crippen MR) is 99.4 cm³/mol. The molecule has 0 spiro atoms. The summed E-state index contributed by atoms with van der Waals surface area (Å²) in [6.07, 6.45) is 7.90. The van der Waals surface area contributed by atoms with Crippen LogP contribution in [0.3, 0.4) is 0 Å². The molecule has 1 aromatic rings. The van der Waals surface area contributed by atoms with Crippen molar-refractivity contribution >= 4 is 29.3 Å². The topological polar surface area (TPSA) is 50.8 Å². The predicted octanol–water partition coefficient (Wildman–Crippen LogP) is 2.99. The number of carbonyl (C=O) groups is 1. The van der Waals surface area contributed by atoms with Gasteiger partial charge in [0.05, 0.1) is 14.2 Å². The first-order chi connectivity index (χ1) is 11.6. The molecule has 1 heterocycles. The first kappa shape index (κ1) is 18.3. The van der Waals surface area contributed by atoms with E-state index in [0.29, 0.717) is 16.6 Å². The number of nitrogens with zero attached hydrogens (tertiary/aromatic N) is 1. The van der Waals surface area contributed by atoms with Crippen molar-refractivity contribution in [3.8, 4) is 11.5 Å². The quantitative estimate of drug-likeness (QED) is 0.670. The molecule has 0 radical (unpaired) electrons. The van der Waals surface area contributed by atoms with E-state index in [1.54, 1.807) is 26.4 Å². The molecule has 0 bridgehead atoms. The molecule has 2 rings (SSSR count). The van der Waals surface area contributed by atoms with Gasteiger partial charge < -0.3 is 14.4 Å². The third kappa shape index (κ3) is 5.23. The fourth-order valence-electron chi connectivity index (χ4n) is 2.63. The van der Waals surface area contributed by atoms with E-state index >= 15 is 0 Å². The van der Waals surface area contributed by atoms with Gasteiger partial charge in [-0.2, -0.15) is 0 Å². The summed E-state index contributed by atoms with van der Waals surface area (Å²) in [5.74, 6) is 1.06. The first-order valence-electron chi connectivity index (χ1n) is 8.14. The Hall–Kier alpha value is -2.08. The number of carbonyl (C=O) groups excluding carboxylic acids is 1. The molecule has 1 aromatic carbocycles. The van der Waals surface area contributed by atoms with Gasteiger partial charge >= 0.3 is 0 Å². The number of ether oxygens (including phenoxy) is 2.